The lowest BCUT2D eigenvalue weighted by atomic mass is 10.1. The van der Waals surface area contributed by atoms with Crippen molar-refractivity contribution in [2.75, 3.05) is 37.7 Å². The van der Waals surface area contributed by atoms with Gasteiger partial charge < -0.3 is 14.5 Å². The second-order valence-electron chi connectivity index (χ2n) is 5.97. The Kier molecular flexibility index (Phi) is 5.69. The molecule has 1 aliphatic heterocycles. The van der Waals surface area contributed by atoms with E-state index in [2.05, 4.69) is 0 Å². The summed E-state index contributed by atoms with van der Waals surface area (Å²) in [5, 5.41) is 1.74. The summed E-state index contributed by atoms with van der Waals surface area (Å²) in [6.07, 6.45) is -4.39. The van der Waals surface area contributed by atoms with Crippen molar-refractivity contribution in [2.45, 2.75) is 6.18 Å². The number of benzene rings is 1. The Hall–Kier alpha value is -2.55. The van der Waals surface area contributed by atoms with E-state index >= 15 is 0 Å². The van der Waals surface area contributed by atoms with Gasteiger partial charge in [0.2, 0.25) is 0 Å². The molecule has 0 saturated carbocycles. The highest BCUT2D eigenvalue weighted by molar-refractivity contribution is 7.11. The maximum Gasteiger partial charge on any atom is 0.416 e. The molecule has 0 spiro atoms. The van der Waals surface area contributed by atoms with E-state index in [9.17, 15) is 22.8 Å². The minimum Gasteiger partial charge on any atom is -0.451 e. The SMILES string of the molecule is O=C(OCC(=O)N1CCN(c2cccc(C(F)(F)F)c2)CC1)c1cccs1. The molecule has 0 atom stereocenters. The Labute approximate surface area is 157 Å². The van der Waals surface area contributed by atoms with E-state index in [4.69, 9.17) is 4.74 Å². The predicted molar refractivity (Wildman–Crippen MR) is 94.8 cm³/mol. The van der Waals surface area contributed by atoms with Gasteiger partial charge in [0, 0.05) is 31.9 Å². The van der Waals surface area contributed by atoms with E-state index in [1.165, 1.54) is 17.4 Å². The molecular weight excluding hydrogens is 381 g/mol. The van der Waals surface area contributed by atoms with Gasteiger partial charge in [0.15, 0.2) is 6.61 Å². The molecule has 1 fully saturated rings. The van der Waals surface area contributed by atoms with E-state index < -0.39 is 17.7 Å². The van der Waals surface area contributed by atoms with Gasteiger partial charge in [-0.25, -0.2) is 4.79 Å². The van der Waals surface area contributed by atoms with Crippen molar-refractivity contribution in [3.63, 3.8) is 0 Å². The van der Waals surface area contributed by atoms with Gasteiger partial charge in [0.25, 0.3) is 5.91 Å². The zero-order valence-corrected chi connectivity index (χ0v) is 15.1. The smallest absolute Gasteiger partial charge is 0.416 e. The van der Waals surface area contributed by atoms with Gasteiger partial charge >= 0.3 is 12.1 Å². The fourth-order valence-corrected chi connectivity index (χ4v) is 3.39. The van der Waals surface area contributed by atoms with Gasteiger partial charge in [-0.3, -0.25) is 4.79 Å². The number of alkyl halides is 3. The third kappa shape index (κ3) is 4.79. The van der Waals surface area contributed by atoms with E-state index in [1.807, 2.05) is 0 Å². The van der Waals surface area contributed by atoms with Crippen LogP contribution >= 0.6 is 11.3 Å². The van der Waals surface area contributed by atoms with Crippen molar-refractivity contribution in [2.24, 2.45) is 0 Å². The first kappa shape index (κ1) is 19.2. The first-order chi connectivity index (χ1) is 12.8. The van der Waals surface area contributed by atoms with Crippen molar-refractivity contribution < 1.29 is 27.5 Å². The lowest BCUT2D eigenvalue weighted by molar-refractivity contribution is -0.137. The van der Waals surface area contributed by atoms with E-state index in [0.29, 0.717) is 36.7 Å². The number of halogens is 3. The van der Waals surface area contributed by atoms with Crippen molar-refractivity contribution in [1.29, 1.82) is 0 Å². The van der Waals surface area contributed by atoms with Gasteiger partial charge in [-0.05, 0) is 29.6 Å². The van der Waals surface area contributed by atoms with Crippen LogP contribution in [0.5, 0.6) is 0 Å². The number of esters is 1. The molecule has 1 aromatic carbocycles. The fraction of sp³-hybridized carbons (Fsp3) is 0.333. The second-order valence-corrected chi connectivity index (χ2v) is 6.92. The van der Waals surface area contributed by atoms with Gasteiger partial charge in [0.05, 0.1) is 5.56 Å². The third-order valence-corrected chi connectivity index (χ3v) is 5.07. The van der Waals surface area contributed by atoms with Gasteiger partial charge in [-0.1, -0.05) is 12.1 Å². The Morgan fingerprint density at radius 2 is 1.81 bits per heavy atom. The number of amides is 1. The zero-order chi connectivity index (χ0) is 19.4. The van der Waals surface area contributed by atoms with Crippen LogP contribution in [0.2, 0.25) is 0 Å². The Morgan fingerprint density at radius 3 is 2.44 bits per heavy atom. The molecule has 0 aliphatic carbocycles. The molecular formula is C18H17F3N2O3S. The number of nitrogens with zero attached hydrogens (tertiary/aromatic N) is 2. The van der Waals surface area contributed by atoms with Crippen LogP contribution in [-0.2, 0) is 15.7 Å². The minimum atomic E-state index is -4.39. The molecule has 9 heteroatoms. The van der Waals surface area contributed by atoms with Crippen LogP contribution in [0.4, 0.5) is 18.9 Å². The number of rotatable bonds is 4. The number of anilines is 1. The maximum atomic E-state index is 12.8. The normalized spacial score (nSPS) is 14.9. The van der Waals surface area contributed by atoms with Crippen LogP contribution in [0.15, 0.2) is 41.8 Å². The Bertz CT molecular complexity index is 800. The molecule has 0 N–H and O–H groups in total. The number of hydrogen-bond acceptors (Lipinski definition) is 5. The molecule has 5 nitrogen and oxygen atoms in total. The lowest BCUT2D eigenvalue weighted by Crippen LogP contribution is -2.50. The molecule has 144 valence electrons. The highest BCUT2D eigenvalue weighted by atomic mass is 32.1. The van der Waals surface area contributed by atoms with Crippen LogP contribution < -0.4 is 4.90 Å². The summed E-state index contributed by atoms with van der Waals surface area (Å²) >= 11 is 1.23. The monoisotopic (exact) mass is 398 g/mol. The third-order valence-electron chi connectivity index (χ3n) is 4.22. The van der Waals surface area contributed by atoms with Crippen LogP contribution in [0.25, 0.3) is 0 Å². The van der Waals surface area contributed by atoms with E-state index in [1.54, 1.807) is 33.4 Å². The zero-order valence-electron chi connectivity index (χ0n) is 14.2. The van der Waals surface area contributed by atoms with Crippen LogP contribution in [0, 0.1) is 0 Å². The molecule has 1 aromatic heterocycles. The summed E-state index contributed by atoms with van der Waals surface area (Å²) in [5.74, 6) is -0.857. The molecule has 0 bridgehead atoms. The fourth-order valence-electron chi connectivity index (χ4n) is 2.78. The molecule has 1 amide bonds. The number of ether oxygens (including phenoxy) is 1. The van der Waals surface area contributed by atoms with Crippen molar-refractivity contribution in [1.82, 2.24) is 4.90 Å². The summed E-state index contributed by atoms with van der Waals surface area (Å²) in [6.45, 7) is 1.18. The highest BCUT2D eigenvalue weighted by Gasteiger charge is 2.31. The molecule has 1 aliphatic rings. The summed E-state index contributed by atoms with van der Waals surface area (Å²) in [5.41, 5.74) is -0.222. The largest absolute Gasteiger partial charge is 0.451 e. The second kappa shape index (κ2) is 7.99. The highest BCUT2D eigenvalue weighted by Crippen LogP contribution is 2.31. The first-order valence-corrected chi connectivity index (χ1v) is 9.13. The quantitative estimate of drug-likeness (QED) is 0.742. The predicted octanol–water partition coefficient (Wildman–Crippen LogP) is 3.27. The average Bonchev–Trinajstić information content (AvgIpc) is 3.20. The van der Waals surface area contributed by atoms with Gasteiger partial charge in [-0.2, -0.15) is 13.2 Å². The number of piperazine rings is 1. The summed E-state index contributed by atoms with van der Waals surface area (Å²) in [6, 6.07) is 8.47. The maximum absolute atomic E-state index is 12.8. The standard InChI is InChI=1S/C18H17F3N2O3S/c19-18(20,21)13-3-1-4-14(11-13)22-6-8-23(9-7-22)16(24)12-26-17(25)15-5-2-10-27-15/h1-5,10-11H,6-9,12H2. The number of carbonyl (C=O) groups excluding carboxylic acids is 2. The topological polar surface area (TPSA) is 49.9 Å². The molecule has 27 heavy (non-hydrogen) atoms. The molecule has 2 aromatic rings. The molecule has 2 heterocycles. The Morgan fingerprint density at radius 1 is 1.07 bits per heavy atom. The summed E-state index contributed by atoms with van der Waals surface area (Å²) < 4.78 is 43.5. The summed E-state index contributed by atoms with van der Waals surface area (Å²) in [7, 11) is 0. The lowest BCUT2D eigenvalue weighted by Gasteiger charge is -2.36. The van der Waals surface area contributed by atoms with Crippen molar-refractivity contribution >= 4 is 28.9 Å². The van der Waals surface area contributed by atoms with Crippen molar-refractivity contribution in [3.05, 3.63) is 52.2 Å². The van der Waals surface area contributed by atoms with Crippen LogP contribution in [-0.4, -0.2) is 49.6 Å². The van der Waals surface area contributed by atoms with Crippen molar-refractivity contribution in [3.8, 4) is 0 Å². The van der Waals surface area contributed by atoms with Crippen LogP contribution in [0.3, 0.4) is 0 Å². The number of hydrogen-bond donors (Lipinski definition) is 0. The molecule has 0 unspecified atom stereocenters. The Balaban J connectivity index is 1.51. The molecule has 1 saturated heterocycles. The summed E-state index contributed by atoms with van der Waals surface area (Å²) in [4.78, 5) is 27.7. The number of thiophene rings is 1. The van der Waals surface area contributed by atoms with Crippen LogP contribution in [0.1, 0.15) is 15.2 Å². The average molecular weight is 398 g/mol. The van der Waals surface area contributed by atoms with Gasteiger partial charge in [0.1, 0.15) is 4.88 Å². The minimum absolute atomic E-state index is 0.316. The van der Waals surface area contributed by atoms with E-state index in [-0.39, 0.29) is 12.5 Å². The van der Waals surface area contributed by atoms with Gasteiger partial charge in [-0.15, -0.1) is 11.3 Å². The first-order valence-electron chi connectivity index (χ1n) is 8.25. The van der Waals surface area contributed by atoms with E-state index in [0.717, 1.165) is 12.1 Å². The number of carbonyl (C=O) groups is 2. The molecule has 0 radical (unpaired) electrons. The molecule has 3 rings (SSSR count).